The van der Waals surface area contributed by atoms with Gasteiger partial charge in [-0.15, -0.1) is 0 Å². The second kappa shape index (κ2) is 6.43. The summed E-state index contributed by atoms with van der Waals surface area (Å²) in [6.45, 7) is 2.08. The number of rotatable bonds is 3. The quantitative estimate of drug-likeness (QED) is 0.798. The standard InChI is InChI=1S/C20H18N4O/c1-13-5-7-15-14(12-13)6-8-16(15)20(25)24-18-9-11-22-19(23-18)17-4-2-3-10-21-17/h2-5,7,9-12,16H,6,8H2,1H3,(H,22,23,24,25). The Morgan fingerprint density at radius 1 is 1.12 bits per heavy atom. The Balaban J connectivity index is 1.55. The van der Waals surface area contributed by atoms with Crippen LogP contribution in [0.5, 0.6) is 0 Å². The number of benzene rings is 1. The minimum Gasteiger partial charge on any atom is -0.310 e. The number of aryl methyl sites for hydroxylation is 2. The molecule has 1 amide bonds. The SMILES string of the molecule is Cc1ccc2c(c1)CCC2C(=O)Nc1ccnc(-c2ccccn2)n1. The fraction of sp³-hybridized carbons (Fsp3) is 0.200. The van der Waals surface area contributed by atoms with Crippen molar-refractivity contribution < 1.29 is 4.79 Å². The summed E-state index contributed by atoms with van der Waals surface area (Å²) in [6, 6.07) is 13.6. The first-order valence-corrected chi connectivity index (χ1v) is 8.35. The molecule has 2 aromatic heterocycles. The zero-order chi connectivity index (χ0) is 17.2. The lowest BCUT2D eigenvalue weighted by Crippen LogP contribution is -2.20. The topological polar surface area (TPSA) is 67.8 Å². The van der Waals surface area contributed by atoms with Crippen LogP contribution in [0.2, 0.25) is 0 Å². The van der Waals surface area contributed by atoms with Crippen LogP contribution < -0.4 is 5.32 Å². The van der Waals surface area contributed by atoms with E-state index in [1.165, 1.54) is 11.1 Å². The van der Waals surface area contributed by atoms with Gasteiger partial charge in [0.2, 0.25) is 5.91 Å². The molecule has 3 aromatic rings. The molecule has 0 bridgehead atoms. The van der Waals surface area contributed by atoms with Crippen LogP contribution in [0.3, 0.4) is 0 Å². The Hall–Kier alpha value is -3.08. The van der Waals surface area contributed by atoms with E-state index in [9.17, 15) is 4.79 Å². The van der Waals surface area contributed by atoms with Crippen molar-refractivity contribution in [1.82, 2.24) is 15.0 Å². The smallest absolute Gasteiger partial charge is 0.233 e. The zero-order valence-electron chi connectivity index (χ0n) is 13.9. The first-order valence-electron chi connectivity index (χ1n) is 8.35. The molecule has 25 heavy (non-hydrogen) atoms. The highest BCUT2D eigenvalue weighted by Gasteiger charge is 2.28. The zero-order valence-corrected chi connectivity index (χ0v) is 13.9. The lowest BCUT2D eigenvalue weighted by atomic mass is 9.99. The van der Waals surface area contributed by atoms with E-state index < -0.39 is 0 Å². The van der Waals surface area contributed by atoms with Crippen molar-refractivity contribution in [3.8, 4) is 11.5 Å². The Kier molecular flexibility index (Phi) is 3.98. The second-order valence-electron chi connectivity index (χ2n) is 6.26. The molecule has 5 nitrogen and oxygen atoms in total. The molecule has 0 saturated heterocycles. The summed E-state index contributed by atoms with van der Waals surface area (Å²) in [5.74, 6) is 0.860. The molecule has 1 aliphatic carbocycles. The number of fused-ring (bicyclic) bond motifs is 1. The molecule has 0 aliphatic heterocycles. The van der Waals surface area contributed by atoms with E-state index in [-0.39, 0.29) is 11.8 Å². The van der Waals surface area contributed by atoms with Crippen LogP contribution in [-0.4, -0.2) is 20.9 Å². The van der Waals surface area contributed by atoms with Gasteiger partial charge in [0.25, 0.3) is 0 Å². The average Bonchev–Trinajstić information content (AvgIpc) is 3.06. The fourth-order valence-corrected chi connectivity index (χ4v) is 3.28. The maximum Gasteiger partial charge on any atom is 0.233 e. The molecule has 1 N–H and O–H groups in total. The summed E-state index contributed by atoms with van der Waals surface area (Å²) in [4.78, 5) is 25.6. The van der Waals surface area contributed by atoms with Crippen LogP contribution >= 0.6 is 0 Å². The molecule has 1 aromatic carbocycles. The number of hydrogen-bond donors (Lipinski definition) is 1. The molecule has 2 heterocycles. The van der Waals surface area contributed by atoms with Gasteiger partial charge >= 0.3 is 0 Å². The normalized spacial score (nSPS) is 15.6. The van der Waals surface area contributed by atoms with Crippen molar-refractivity contribution in [3.63, 3.8) is 0 Å². The van der Waals surface area contributed by atoms with Gasteiger partial charge in [-0.2, -0.15) is 0 Å². The van der Waals surface area contributed by atoms with Crippen molar-refractivity contribution in [1.29, 1.82) is 0 Å². The summed E-state index contributed by atoms with van der Waals surface area (Å²) in [5, 5.41) is 2.93. The maximum atomic E-state index is 12.7. The van der Waals surface area contributed by atoms with Gasteiger partial charge in [-0.3, -0.25) is 9.78 Å². The van der Waals surface area contributed by atoms with Gasteiger partial charge in [-0.05, 0) is 49.1 Å². The van der Waals surface area contributed by atoms with Gasteiger partial charge in [0.15, 0.2) is 5.82 Å². The number of nitrogens with zero attached hydrogens (tertiary/aromatic N) is 3. The molecule has 0 saturated carbocycles. The minimum atomic E-state index is -0.121. The lowest BCUT2D eigenvalue weighted by molar-refractivity contribution is -0.117. The highest BCUT2D eigenvalue weighted by atomic mass is 16.1. The molecule has 124 valence electrons. The number of hydrogen-bond acceptors (Lipinski definition) is 4. The molecular weight excluding hydrogens is 312 g/mol. The Bertz CT molecular complexity index is 924. The van der Waals surface area contributed by atoms with Crippen LogP contribution in [0, 0.1) is 6.92 Å². The average molecular weight is 330 g/mol. The van der Waals surface area contributed by atoms with Crippen LogP contribution in [-0.2, 0) is 11.2 Å². The van der Waals surface area contributed by atoms with E-state index in [4.69, 9.17) is 0 Å². The Labute approximate surface area is 146 Å². The summed E-state index contributed by atoms with van der Waals surface area (Å²) in [6.07, 6.45) is 5.11. The highest BCUT2D eigenvalue weighted by molar-refractivity contribution is 5.96. The highest BCUT2D eigenvalue weighted by Crippen LogP contribution is 2.34. The third-order valence-electron chi connectivity index (χ3n) is 4.49. The van der Waals surface area contributed by atoms with Crippen molar-refractivity contribution >= 4 is 11.7 Å². The summed E-state index contributed by atoms with van der Waals surface area (Å²) in [5.41, 5.74) is 4.31. The van der Waals surface area contributed by atoms with E-state index in [2.05, 4.69) is 45.4 Å². The summed E-state index contributed by atoms with van der Waals surface area (Å²) < 4.78 is 0. The van der Waals surface area contributed by atoms with Gasteiger partial charge in [0, 0.05) is 12.4 Å². The van der Waals surface area contributed by atoms with Crippen LogP contribution in [0.25, 0.3) is 11.5 Å². The van der Waals surface area contributed by atoms with E-state index in [0.29, 0.717) is 17.3 Å². The van der Waals surface area contributed by atoms with Gasteiger partial charge < -0.3 is 5.32 Å². The van der Waals surface area contributed by atoms with Crippen molar-refractivity contribution in [2.24, 2.45) is 0 Å². The van der Waals surface area contributed by atoms with E-state index in [1.54, 1.807) is 18.5 Å². The lowest BCUT2D eigenvalue weighted by Gasteiger charge is -2.12. The van der Waals surface area contributed by atoms with Gasteiger partial charge in [-0.25, -0.2) is 9.97 Å². The summed E-state index contributed by atoms with van der Waals surface area (Å²) >= 11 is 0. The molecule has 4 rings (SSSR count). The predicted octanol–water partition coefficient (Wildman–Crippen LogP) is 3.52. The molecule has 0 spiro atoms. The largest absolute Gasteiger partial charge is 0.310 e. The first-order chi connectivity index (χ1) is 12.2. The Morgan fingerprint density at radius 2 is 2.04 bits per heavy atom. The van der Waals surface area contributed by atoms with Crippen LogP contribution in [0.4, 0.5) is 5.82 Å². The monoisotopic (exact) mass is 330 g/mol. The number of carbonyl (C=O) groups excluding carboxylic acids is 1. The Morgan fingerprint density at radius 3 is 2.88 bits per heavy atom. The molecule has 5 heteroatoms. The summed E-state index contributed by atoms with van der Waals surface area (Å²) in [7, 11) is 0. The molecule has 0 radical (unpaired) electrons. The minimum absolute atomic E-state index is 0.0201. The van der Waals surface area contributed by atoms with Gasteiger partial charge in [-0.1, -0.05) is 29.8 Å². The van der Waals surface area contributed by atoms with Crippen molar-refractivity contribution in [2.45, 2.75) is 25.7 Å². The third-order valence-corrected chi connectivity index (χ3v) is 4.49. The molecular formula is C20H18N4O. The number of amides is 1. The van der Waals surface area contributed by atoms with Gasteiger partial charge in [0.1, 0.15) is 11.5 Å². The van der Waals surface area contributed by atoms with Gasteiger partial charge in [0.05, 0.1) is 5.92 Å². The van der Waals surface area contributed by atoms with Crippen LogP contribution in [0.1, 0.15) is 29.0 Å². The third kappa shape index (κ3) is 3.13. The second-order valence-corrected chi connectivity index (χ2v) is 6.26. The van der Waals surface area contributed by atoms with Crippen LogP contribution in [0.15, 0.2) is 54.9 Å². The van der Waals surface area contributed by atoms with Crippen molar-refractivity contribution in [3.05, 3.63) is 71.5 Å². The maximum absolute atomic E-state index is 12.7. The number of carbonyl (C=O) groups is 1. The van der Waals surface area contributed by atoms with Crippen molar-refractivity contribution in [2.75, 3.05) is 5.32 Å². The molecule has 1 aliphatic rings. The predicted molar refractivity (Wildman–Crippen MR) is 96.1 cm³/mol. The first kappa shape index (κ1) is 15.4. The van der Waals surface area contributed by atoms with E-state index in [1.807, 2.05) is 18.2 Å². The van der Waals surface area contributed by atoms with E-state index in [0.717, 1.165) is 18.4 Å². The molecule has 1 unspecified atom stereocenters. The number of pyridine rings is 1. The fourth-order valence-electron chi connectivity index (χ4n) is 3.28. The number of aromatic nitrogens is 3. The number of anilines is 1. The van der Waals surface area contributed by atoms with E-state index >= 15 is 0 Å². The number of nitrogens with one attached hydrogen (secondary N) is 1. The molecule has 0 fully saturated rings. The molecule has 1 atom stereocenters.